The summed E-state index contributed by atoms with van der Waals surface area (Å²) in [7, 11) is 0. The molecule has 0 bridgehead atoms. The molecule has 4 aromatic rings. The van der Waals surface area contributed by atoms with Crippen molar-refractivity contribution < 1.29 is 13.6 Å². The molecule has 144 valence electrons. The van der Waals surface area contributed by atoms with E-state index in [0.717, 1.165) is 17.2 Å². The van der Waals surface area contributed by atoms with Crippen LogP contribution in [0.25, 0.3) is 11.0 Å². The maximum Gasteiger partial charge on any atom is 0.297 e. The van der Waals surface area contributed by atoms with E-state index >= 15 is 0 Å². The Bertz CT molecular complexity index is 1340. The van der Waals surface area contributed by atoms with Gasteiger partial charge in [-0.25, -0.2) is 4.39 Å². The minimum atomic E-state index is -0.727. The van der Waals surface area contributed by atoms with E-state index in [4.69, 9.17) is 4.42 Å². The Morgan fingerprint density at radius 2 is 1.83 bits per heavy atom. The highest BCUT2D eigenvalue weighted by molar-refractivity contribution is 7.15. The zero-order chi connectivity index (χ0) is 20.3. The predicted octanol–water partition coefficient (Wildman–Crippen LogP) is 4.15. The van der Waals surface area contributed by atoms with Gasteiger partial charge in [-0.1, -0.05) is 41.2 Å². The second-order valence-corrected chi connectivity index (χ2v) is 8.07. The fourth-order valence-electron chi connectivity index (χ4n) is 3.59. The number of anilines is 1. The third-order valence-corrected chi connectivity index (χ3v) is 5.78. The van der Waals surface area contributed by atoms with E-state index < -0.39 is 23.2 Å². The van der Waals surface area contributed by atoms with Gasteiger partial charge in [0, 0.05) is 0 Å². The van der Waals surface area contributed by atoms with E-state index in [1.807, 2.05) is 31.2 Å². The van der Waals surface area contributed by atoms with Gasteiger partial charge in [0.15, 0.2) is 5.43 Å². The van der Waals surface area contributed by atoms with Gasteiger partial charge in [-0.15, -0.1) is 10.2 Å². The zero-order valence-electron chi connectivity index (χ0n) is 15.5. The molecule has 0 spiro atoms. The van der Waals surface area contributed by atoms with Crippen molar-refractivity contribution in [2.24, 2.45) is 0 Å². The maximum atomic E-state index is 13.8. The lowest BCUT2D eigenvalue weighted by atomic mass is 9.98. The van der Waals surface area contributed by atoms with Gasteiger partial charge in [0.25, 0.3) is 5.91 Å². The van der Waals surface area contributed by atoms with Crippen LogP contribution in [-0.4, -0.2) is 16.1 Å². The molecule has 8 heteroatoms. The molecule has 6 nitrogen and oxygen atoms in total. The van der Waals surface area contributed by atoms with Gasteiger partial charge in [0.1, 0.15) is 16.4 Å². The number of amides is 1. The molecular formula is C21H14FN3O3S. The van der Waals surface area contributed by atoms with Gasteiger partial charge in [-0.3, -0.25) is 14.5 Å². The van der Waals surface area contributed by atoms with Gasteiger partial charge in [0.2, 0.25) is 10.9 Å². The summed E-state index contributed by atoms with van der Waals surface area (Å²) >= 11 is 1.25. The third-order valence-electron chi connectivity index (χ3n) is 4.95. The van der Waals surface area contributed by atoms with Crippen molar-refractivity contribution in [2.75, 3.05) is 4.90 Å². The van der Waals surface area contributed by atoms with Gasteiger partial charge >= 0.3 is 0 Å². The Morgan fingerprint density at radius 3 is 2.52 bits per heavy atom. The quantitative estimate of drug-likeness (QED) is 0.499. The molecule has 0 saturated heterocycles. The molecule has 0 radical (unpaired) electrons. The Morgan fingerprint density at radius 1 is 1.07 bits per heavy atom. The standard InChI is InChI=1S/C21H14FN3O3S/c1-10-3-5-12(6-4-10)17-16-18(26)14-9-13(22)7-8-15(14)28-19(16)20(27)25(17)21-24-23-11(2)29-21/h3-9,17H,1-2H3. The topological polar surface area (TPSA) is 76.3 Å². The summed E-state index contributed by atoms with van der Waals surface area (Å²) < 4.78 is 19.6. The lowest BCUT2D eigenvalue weighted by Gasteiger charge is -2.22. The van der Waals surface area contributed by atoms with Crippen molar-refractivity contribution in [3.8, 4) is 0 Å². The molecule has 1 unspecified atom stereocenters. The van der Waals surface area contributed by atoms with Crippen molar-refractivity contribution in [1.82, 2.24) is 10.2 Å². The number of rotatable bonds is 2. The molecular weight excluding hydrogens is 393 g/mol. The van der Waals surface area contributed by atoms with Crippen LogP contribution in [0.15, 0.2) is 51.7 Å². The first-order valence-electron chi connectivity index (χ1n) is 8.90. The summed E-state index contributed by atoms with van der Waals surface area (Å²) in [6.45, 7) is 3.74. The van der Waals surface area contributed by atoms with Crippen LogP contribution in [0.4, 0.5) is 9.52 Å². The summed E-state index contributed by atoms with van der Waals surface area (Å²) in [4.78, 5) is 28.0. The molecule has 2 aromatic carbocycles. The van der Waals surface area contributed by atoms with Crippen molar-refractivity contribution >= 4 is 33.3 Å². The lowest BCUT2D eigenvalue weighted by molar-refractivity contribution is 0.0970. The molecule has 29 heavy (non-hydrogen) atoms. The van der Waals surface area contributed by atoms with Crippen LogP contribution >= 0.6 is 11.3 Å². The molecule has 5 rings (SSSR count). The highest BCUT2D eigenvalue weighted by Gasteiger charge is 2.45. The number of hydrogen-bond donors (Lipinski definition) is 0. The smallest absolute Gasteiger partial charge is 0.297 e. The summed E-state index contributed by atoms with van der Waals surface area (Å²) in [6, 6.07) is 10.5. The molecule has 0 saturated carbocycles. The summed E-state index contributed by atoms with van der Waals surface area (Å²) in [5, 5.41) is 9.28. The van der Waals surface area contributed by atoms with Gasteiger partial charge in [-0.05, 0) is 37.6 Å². The van der Waals surface area contributed by atoms with Crippen molar-refractivity contribution in [3.63, 3.8) is 0 Å². The minimum Gasteiger partial charge on any atom is -0.450 e. The van der Waals surface area contributed by atoms with Crippen molar-refractivity contribution in [2.45, 2.75) is 19.9 Å². The SMILES string of the molecule is Cc1ccc(C2c3c(oc4ccc(F)cc4c3=O)C(=O)N2c2nnc(C)s2)cc1. The first kappa shape index (κ1) is 17.7. The third kappa shape index (κ3) is 2.67. The Balaban J connectivity index is 1.83. The monoisotopic (exact) mass is 407 g/mol. The molecule has 1 amide bonds. The molecule has 0 fully saturated rings. The number of hydrogen-bond acceptors (Lipinski definition) is 6. The van der Waals surface area contributed by atoms with E-state index in [1.165, 1.54) is 28.4 Å². The number of nitrogens with zero attached hydrogens (tertiary/aromatic N) is 3. The van der Waals surface area contributed by atoms with Crippen LogP contribution in [0.2, 0.25) is 0 Å². The molecule has 3 heterocycles. The molecule has 2 aromatic heterocycles. The fourth-order valence-corrected chi connectivity index (χ4v) is 4.30. The molecule has 1 aliphatic heterocycles. The summed E-state index contributed by atoms with van der Waals surface area (Å²) in [5.41, 5.74) is 1.71. The van der Waals surface area contributed by atoms with Crippen LogP contribution in [0, 0.1) is 19.7 Å². The van der Waals surface area contributed by atoms with E-state index in [9.17, 15) is 14.0 Å². The molecule has 1 atom stereocenters. The number of aromatic nitrogens is 2. The van der Waals surface area contributed by atoms with Gasteiger partial charge < -0.3 is 4.42 Å². The van der Waals surface area contributed by atoms with E-state index in [-0.39, 0.29) is 22.3 Å². The van der Waals surface area contributed by atoms with Crippen LogP contribution in [0.1, 0.15) is 38.3 Å². The minimum absolute atomic E-state index is 0.0486. The highest BCUT2D eigenvalue weighted by Crippen LogP contribution is 2.42. The zero-order valence-corrected chi connectivity index (χ0v) is 16.3. The second-order valence-electron chi connectivity index (χ2n) is 6.91. The molecule has 0 aliphatic carbocycles. The van der Waals surface area contributed by atoms with Gasteiger partial charge in [0.05, 0.1) is 17.0 Å². The number of carbonyl (C=O) groups is 1. The highest BCUT2D eigenvalue weighted by atomic mass is 32.1. The van der Waals surface area contributed by atoms with Crippen LogP contribution in [0.3, 0.4) is 0 Å². The Hall–Kier alpha value is -3.39. The largest absolute Gasteiger partial charge is 0.450 e. The predicted molar refractivity (Wildman–Crippen MR) is 107 cm³/mol. The van der Waals surface area contributed by atoms with E-state index in [1.54, 1.807) is 6.92 Å². The summed E-state index contributed by atoms with van der Waals surface area (Å²) in [5.74, 6) is -1.06. The number of fused-ring (bicyclic) bond motifs is 2. The van der Waals surface area contributed by atoms with Crippen LogP contribution in [0.5, 0.6) is 0 Å². The maximum absolute atomic E-state index is 13.8. The van der Waals surface area contributed by atoms with Crippen molar-refractivity contribution in [3.05, 3.63) is 86.0 Å². The molecule has 0 N–H and O–H groups in total. The van der Waals surface area contributed by atoms with E-state index in [2.05, 4.69) is 10.2 Å². The normalized spacial score (nSPS) is 15.9. The number of benzene rings is 2. The number of halogens is 1. The lowest BCUT2D eigenvalue weighted by Crippen LogP contribution is -2.29. The summed E-state index contributed by atoms with van der Waals surface area (Å²) in [6.07, 6.45) is 0. The van der Waals surface area contributed by atoms with Crippen molar-refractivity contribution in [1.29, 1.82) is 0 Å². The molecule has 1 aliphatic rings. The van der Waals surface area contributed by atoms with Crippen LogP contribution in [-0.2, 0) is 0 Å². The first-order chi connectivity index (χ1) is 13.9. The average Bonchev–Trinajstić information content (AvgIpc) is 3.25. The average molecular weight is 407 g/mol. The Labute approximate surface area is 168 Å². The van der Waals surface area contributed by atoms with E-state index in [0.29, 0.717) is 10.1 Å². The first-order valence-corrected chi connectivity index (χ1v) is 9.72. The fraction of sp³-hybridized carbons (Fsp3) is 0.143. The number of carbonyl (C=O) groups excluding carboxylic acids is 1. The second kappa shape index (κ2) is 6.31. The van der Waals surface area contributed by atoms with Crippen LogP contribution < -0.4 is 10.3 Å². The Kier molecular flexibility index (Phi) is 3.85. The number of aryl methyl sites for hydroxylation is 2. The van der Waals surface area contributed by atoms with Gasteiger partial charge in [-0.2, -0.15) is 0 Å².